The highest BCUT2D eigenvalue weighted by Gasteiger charge is 2.18. The van der Waals surface area contributed by atoms with Gasteiger partial charge in [-0.15, -0.1) is 0 Å². The molecule has 12 heavy (non-hydrogen) atoms. The molecule has 0 bridgehead atoms. The lowest BCUT2D eigenvalue weighted by Gasteiger charge is -2.07. The Labute approximate surface area is 79.8 Å². The van der Waals surface area contributed by atoms with Crippen LogP contribution in [-0.2, 0) is 6.42 Å². The Hall–Kier alpha value is -0.700. The molecule has 0 saturated carbocycles. The van der Waals surface area contributed by atoms with Crippen molar-refractivity contribution in [3.8, 4) is 5.75 Å². The Balaban J connectivity index is 2.67. The second kappa shape index (κ2) is 2.66. The maximum Gasteiger partial charge on any atom is 0.146 e. The predicted octanol–water partition coefficient (Wildman–Crippen LogP) is 2.27. The molecule has 64 valence electrons. The topological polar surface area (TPSA) is 35.2 Å². The molecule has 0 aromatic heterocycles. The van der Waals surface area contributed by atoms with E-state index in [1.807, 2.05) is 6.92 Å². The molecule has 0 radical (unpaired) electrons. The second-order valence-electron chi connectivity index (χ2n) is 3.01. The average molecular weight is 228 g/mol. The van der Waals surface area contributed by atoms with Gasteiger partial charge in [0.2, 0.25) is 0 Å². The Bertz CT molecular complexity index is 336. The Morgan fingerprint density at radius 2 is 2.33 bits per heavy atom. The molecule has 0 saturated heterocycles. The van der Waals surface area contributed by atoms with Crippen molar-refractivity contribution < 1.29 is 4.74 Å². The summed E-state index contributed by atoms with van der Waals surface area (Å²) in [5.74, 6) is 0.868. The highest BCUT2D eigenvalue weighted by atomic mass is 79.9. The van der Waals surface area contributed by atoms with Crippen molar-refractivity contribution in [2.45, 2.75) is 13.3 Å². The number of nitrogens with two attached hydrogens (primary N) is 1. The molecular weight excluding hydrogens is 218 g/mol. The maximum atomic E-state index is 5.86. The van der Waals surface area contributed by atoms with Crippen molar-refractivity contribution in [1.29, 1.82) is 0 Å². The molecule has 0 aliphatic carbocycles. The van der Waals surface area contributed by atoms with Crippen LogP contribution in [0.3, 0.4) is 0 Å². The van der Waals surface area contributed by atoms with Gasteiger partial charge in [0.05, 0.1) is 12.3 Å². The smallest absolute Gasteiger partial charge is 0.146 e. The van der Waals surface area contributed by atoms with Crippen LogP contribution in [0.2, 0.25) is 0 Å². The number of benzene rings is 1. The van der Waals surface area contributed by atoms with Gasteiger partial charge in [0.15, 0.2) is 0 Å². The minimum atomic E-state index is 0.738. The molecule has 0 spiro atoms. The van der Waals surface area contributed by atoms with Gasteiger partial charge in [-0.25, -0.2) is 0 Å². The third-order valence-corrected chi connectivity index (χ3v) is 3.18. The van der Waals surface area contributed by atoms with Gasteiger partial charge in [-0.1, -0.05) is 6.07 Å². The van der Waals surface area contributed by atoms with Crippen LogP contribution < -0.4 is 10.5 Å². The van der Waals surface area contributed by atoms with E-state index in [1.54, 1.807) is 0 Å². The van der Waals surface area contributed by atoms with E-state index in [1.165, 1.54) is 11.1 Å². The van der Waals surface area contributed by atoms with E-state index in [9.17, 15) is 0 Å². The van der Waals surface area contributed by atoms with Crippen molar-refractivity contribution >= 4 is 21.6 Å². The van der Waals surface area contributed by atoms with Crippen molar-refractivity contribution in [2.24, 2.45) is 0 Å². The van der Waals surface area contributed by atoms with E-state index in [0.717, 1.165) is 28.9 Å². The summed E-state index contributed by atoms with van der Waals surface area (Å²) < 4.78 is 6.37. The Kier molecular flexibility index (Phi) is 1.76. The van der Waals surface area contributed by atoms with Gasteiger partial charge in [-0.3, -0.25) is 0 Å². The highest BCUT2D eigenvalue weighted by Crippen LogP contribution is 2.38. The molecule has 0 fully saturated rings. The van der Waals surface area contributed by atoms with Gasteiger partial charge in [-0.05, 0) is 34.0 Å². The fourth-order valence-corrected chi connectivity index (χ4v) is 1.79. The number of rotatable bonds is 0. The minimum absolute atomic E-state index is 0.738. The summed E-state index contributed by atoms with van der Waals surface area (Å²) in [6.07, 6.45) is 0.980. The van der Waals surface area contributed by atoms with Crippen LogP contribution in [0.15, 0.2) is 10.5 Å². The molecule has 1 heterocycles. The molecular formula is C9H10BrNO. The number of aryl methyl sites for hydroxylation is 1. The van der Waals surface area contributed by atoms with Gasteiger partial charge in [0, 0.05) is 10.9 Å². The van der Waals surface area contributed by atoms with E-state index in [-0.39, 0.29) is 0 Å². The third-order valence-electron chi connectivity index (χ3n) is 2.13. The van der Waals surface area contributed by atoms with Crippen LogP contribution in [-0.4, -0.2) is 6.61 Å². The first-order valence-corrected chi connectivity index (χ1v) is 4.69. The molecule has 2 rings (SSSR count). The second-order valence-corrected chi connectivity index (χ2v) is 3.80. The monoisotopic (exact) mass is 227 g/mol. The van der Waals surface area contributed by atoms with Crippen molar-refractivity contribution in [3.63, 3.8) is 0 Å². The van der Waals surface area contributed by atoms with Crippen LogP contribution in [0.1, 0.15) is 11.1 Å². The summed E-state index contributed by atoms with van der Waals surface area (Å²) in [6, 6.07) is 2.13. The molecule has 3 heteroatoms. The van der Waals surface area contributed by atoms with Gasteiger partial charge in [0.1, 0.15) is 5.75 Å². The van der Waals surface area contributed by atoms with E-state index < -0.39 is 0 Å². The minimum Gasteiger partial charge on any atom is -0.491 e. The number of halogens is 1. The summed E-state index contributed by atoms with van der Waals surface area (Å²) in [7, 11) is 0. The molecule has 1 aliphatic rings. The first kappa shape index (κ1) is 7.92. The predicted molar refractivity (Wildman–Crippen MR) is 52.5 cm³/mol. The third kappa shape index (κ3) is 1.00. The first-order valence-electron chi connectivity index (χ1n) is 3.90. The van der Waals surface area contributed by atoms with E-state index >= 15 is 0 Å². The Morgan fingerprint density at radius 1 is 1.58 bits per heavy atom. The number of ether oxygens (including phenoxy) is 1. The van der Waals surface area contributed by atoms with Crippen LogP contribution in [0.5, 0.6) is 5.75 Å². The van der Waals surface area contributed by atoms with Gasteiger partial charge < -0.3 is 10.5 Å². The fourth-order valence-electron chi connectivity index (χ4n) is 1.49. The van der Waals surface area contributed by atoms with Crippen LogP contribution in [0, 0.1) is 6.92 Å². The van der Waals surface area contributed by atoms with Gasteiger partial charge in [-0.2, -0.15) is 0 Å². The lowest BCUT2D eigenvalue weighted by atomic mass is 10.1. The van der Waals surface area contributed by atoms with Crippen molar-refractivity contribution in [2.75, 3.05) is 12.3 Å². The zero-order valence-corrected chi connectivity index (χ0v) is 8.44. The average Bonchev–Trinajstić information content (AvgIpc) is 2.48. The standard InChI is InChI=1S/C9H10BrNO/c1-5-4-6-2-3-12-9(6)8(11)7(5)10/h4H,2-3,11H2,1H3. The van der Waals surface area contributed by atoms with E-state index in [4.69, 9.17) is 10.5 Å². The quantitative estimate of drug-likeness (QED) is 0.691. The summed E-state index contributed by atoms with van der Waals surface area (Å²) in [5, 5.41) is 0. The van der Waals surface area contributed by atoms with E-state index in [0.29, 0.717) is 0 Å². The number of anilines is 1. The molecule has 0 amide bonds. The van der Waals surface area contributed by atoms with Crippen LogP contribution >= 0.6 is 15.9 Å². The summed E-state index contributed by atoms with van der Waals surface area (Å²) in [6.45, 7) is 2.80. The zero-order chi connectivity index (χ0) is 8.72. The summed E-state index contributed by atoms with van der Waals surface area (Å²) in [4.78, 5) is 0. The molecule has 0 unspecified atom stereocenters. The molecule has 0 atom stereocenters. The molecule has 1 aliphatic heterocycles. The number of nitrogen functional groups attached to an aromatic ring is 1. The SMILES string of the molecule is Cc1cc2c(c(N)c1Br)OCC2. The summed E-state index contributed by atoms with van der Waals surface area (Å²) >= 11 is 3.43. The number of hydrogen-bond acceptors (Lipinski definition) is 2. The number of fused-ring (bicyclic) bond motifs is 1. The van der Waals surface area contributed by atoms with Crippen LogP contribution in [0.4, 0.5) is 5.69 Å². The number of hydrogen-bond donors (Lipinski definition) is 1. The lowest BCUT2D eigenvalue weighted by molar-refractivity contribution is 0.358. The zero-order valence-electron chi connectivity index (χ0n) is 6.86. The molecule has 2 nitrogen and oxygen atoms in total. The van der Waals surface area contributed by atoms with Crippen LogP contribution in [0.25, 0.3) is 0 Å². The maximum absolute atomic E-state index is 5.86. The normalized spacial score (nSPS) is 14.2. The fraction of sp³-hybridized carbons (Fsp3) is 0.333. The van der Waals surface area contributed by atoms with Crippen molar-refractivity contribution in [1.82, 2.24) is 0 Å². The lowest BCUT2D eigenvalue weighted by Crippen LogP contribution is -1.94. The molecule has 1 aromatic rings. The van der Waals surface area contributed by atoms with Crippen molar-refractivity contribution in [3.05, 3.63) is 21.7 Å². The molecule has 2 N–H and O–H groups in total. The largest absolute Gasteiger partial charge is 0.491 e. The van der Waals surface area contributed by atoms with Gasteiger partial charge >= 0.3 is 0 Å². The molecule has 1 aromatic carbocycles. The first-order chi connectivity index (χ1) is 5.70. The Morgan fingerprint density at radius 3 is 3.08 bits per heavy atom. The van der Waals surface area contributed by atoms with Gasteiger partial charge in [0.25, 0.3) is 0 Å². The van der Waals surface area contributed by atoms with E-state index in [2.05, 4.69) is 22.0 Å². The highest BCUT2D eigenvalue weighted by molar-refractivity contribution is 9.10. The summed E-state index contributed by atoms with van der Waals surface area (Å²) in [5.41, 5.74) is 9.01.